The molecular weight excluding hydrogens is 406 g/mol. The number of nitrogens with one attached hydrogen (secondary N) is 1. The highest BCUT2D eigenvalue weighted by Gasteiger charge is 2.49. The van der Waals surface area contributed by atoms with Crippen molar-refractivity contribution in [2.45, 2.75) is 19.4 Å². The van der Waals surface area contributed by atoms with Gasteiger partial charge in [0.1, 0.15) is 5.54 Å². The number of thiophene rings is 1. The summed E-state index contributed by atoms with van der Waals surface area (Å²) in [7, 11) is 0. The number of nitro groups is 1. The van der Waals surface area contributed by atoms with Gasteiger partial charge in [0.25, 0.3) is 11.6 Å². The highest BCUT2D eigenvalue weighted by Crippen LogP contribution is 2.33. The van der Waals surface area contributed by atoms with Crippen LogP contribution in [0.3, 0.4) is 0 Å². The lowest BCUT2D eigenvalue weighted by Crippen LogP contribution is -2.41. The first-order valence-corrected chi connectivity index (χ1v) is 9.94. The van der Waals surface area contributed by atoms with Crippen LogP contribution in [0.5, 0.6) is 0 Å². The molecule has 152 valence electrons. The molecule has 1 aliphatic heterocycles. The molecule has 1 aliphatic rings. The van der Waals surface area contributed by atoms with Crippen LogP contribution in [0.15, 0.2) is 48.5 Å². The normalized spacial score (nSPS) is 18.7. The number of imide groups is 1. The number of carbonyl (C=O) groups is 3. The van der Waals surface area contributed by atoms with Crippen molar-refractivity contribution in [3.8, 4) is 0 Å². The lowest BCUT2D eigenvalue weighted by atomic mass is 9.92. The minimum atomic E-state index is -1.40. The quantitative estimate of drug-likeness (QED) is 0.291. The van der Waals surface area contributed by atoms with Crippen LogP contribution in [0.25, 0.3) is 10.1 Å². The van der Waals surface area contributed by atoms with E-state index in [0.29, 0.717) is 10.4 Å². The van der Waals surface area contributed by atoms with E-state index in [-0.39, 0.29) is 18.0 Å². The van der Waals surface area contributed by atoms with Gasteiger partial charge in [0.2, 0.25) is 0 Å². The van der Waals surface area contributed by atoms with E-state index in [9.17, 15) is 24.5 Å². The summed E-state index contributed by atoms with van der Waals surface area (Å²) < 4.78 is 0.964. The van der Waals surface area contributed by atoms with Crippen molar-refractivity contribution < 1.29 is 19.3 Å². The fraction of sp³-hybridized carbons (Fsp3) is 0.190. The van der Waals surface area contributed by atoms with Crippen molar-refractivity contribution in [3.05, 3.63) is 74.6 Å². The van der Waals surface area contributed by atoms with Gasteiger partial charge >= 0.3 is 6.03 Å². The maximum absolute atomic E-state index is 13.0. The molecule has 9 heteroatoms. The number of urea groups is 1. The second-order valence-corrected chi connectivity index (χ2v) is 8.28. The van der Waals surface area contributed by atoms with Crippen molar-refractivity contribution in [3.63, 3.8) is 0 Å². The molecule has 4 rings (SSSR count). The molecule has 1 saturated heterocycles. The number of benzene rings is 2. The molecule has 1 N–H and O–H groups in total. The number of nitro benzene ring substituents is 1. The number of rotatable bonds is 5. The second kappa shape index (κ2) is 7.03. The van der Waals surface area contributed by atoms with E-state index in [1.54, 1.807) is 0 Å². The predicted molar refractivity (Wildman–Crippen MR) is 112 cm³/mol. The van der Waals surface area contributed by atoms with Gasteiger partial charge < -0.3 is 5.32 Å². The summed E-state index contributed by atoms with van der Waals surface area (Å²) in [6.45, 7) is 2.99. The maximum atomic E-state index is 13.0. The van der Waals surface area contributed by atoms with Crippen LogP contribution in [0.2, 0.25) is 0 Å². The van der Waals surface area contributed by atoms with Crippen LogP contribution in [0.1, 0.15) is 27.7 Å². The first-order valence-electron chi connectivity index (χ1n) is 9.13. The Hall–Kier alpha value is -3.59. The first kappa shape index (κ1) is 19.7. The van der Waals surface area contributed by atoms with Crippen LogP contribution in [-0.4, -0.2) is 34.1 Å². The van der Waals surface area contributed by atoms with E-state index < -0.39 is 22.4 Å². The van der Waals surface area contributed by atoms with Gasteiger partial charge in [-0.3, -0.25) is 24.6 Å². The van der Waals surface area contributed by atoms with Crippen LogP contribution in [0, 0.1) is 17.0 Å². The smallest absolute Gasteiger partial charge is 0.319 e. The van der Waals surface area contributed by atoms with E-state index in [4.69, 9.17) is 0 Å². The van der Waals surface area contributed by atoms with E-state index in [2.05, 4.69) is 5.32 Å². The highest BCUT2D eigenvalue weighted by molar-refractivity contribution is 7.21. The van der Waals surface area contributed by atoms with Crippen molar-refractivity contribution in [2.75, 3.05) is 6.54 Å². The molecular formula is C21H17N3O5S. The number of amides is 3. The Bertz CT molecular complexity index is 1220. The maximum Gasteiger partial charge on any atom is 0.325 e. The summed E-state index contributed by atoms with van der Waals surface area (Å²) in [5.74, 6) is -0.890. The first-order chi connectivity index (χ1) is 14.2. The second-order valence-electron chi connectivity index (χ2n) is 7.23. The standard InChI is InChI=1S/C21H17N3O5S/c1-12-15-5-3-4-6-17(15)30-18(12)16(25)11-23-19(26)21(2,22-20(23)27)13-7-9-14(10-8-13)24(28)29/h3-10H,11H2,1-2H3,(H,22,27). The largest absolute Gasteiger partial charge is 0.325 e. The SMILES string of the molecule is Cc1c(C(=O)CN2C(=O)NC(C)(c3ccc([N+](=O)[O-])cc3)C2=O)sc2ccccc12. The highest BCUT2D eigenvalue weighted by atomic mass is 32.1. The molecule has 3 amide bonds. The van der Waals surface area contributed by atoms with Gasteiger partial charge in [0, 0.05) is 16.8 Å². The van der Waals surface area contributed by atoms with Gasteiger partial charge in [-0.05, 0) is 48.6 Å². The van der Waals surface area contributed by atoms with Crippen LogP contribution < -0.4 is 5.32 Å². The number of fused-ring (bicyclic) bond motifs is 1. The lowest BCUT2D eigenvalue weighted by Gasteiger charge is -2.22. The summed E-state index contributed by atoms with van der Waals surface area (Å²) in [4.78, 5) is 50.2. The number of Topliss-reactive ketones (excluding diaryl/α,β-unsaturated/α-hetero) is 1. The van der Waals surface area contributed by atoms with Crippen molar-refractivity contribution in [1.29, 1.82) is 0 Å². The molecule has 0 saturated carbocycles. The third-order valence-electron chi connectivity index (χ3n) is 5.33. The molecule has 0 aliphatic carbocycles. The molecule has 1 atom stereocenters. The number of non-ortho nitro benzene ring substituents is 1. The average molecular weight is 423 g/mol. The zero-order valence-electron chi connectivity index (χ0n) is 16.2. The molecule has 0 spiro atoms. The minimum Gasteiger partial charge on any atom is -0.319 e. The topological polar surface area (TPSA) is 110 Å². The molecule has 0 bridgehead atoms. The molecule has 0 radical (unpaired) electrons. The number of ketones is 1. The zero-order chi connectivity index (χ0) is 21.6. The summed E-state index contributed by atoms with van der Waals surface area (Å²) in [6.07, 6.45) is 0. The Kier molecular flexibility index (Phi) is 4.62. The Morgan fingerprint density at radius 2 is 1.83 bits per heavy atom. The van der Waals surface area contributed by atoms with Gasteiger partial charge in [0.05, 0.1) is 16.3 Å². The third-order valence-corrected chi connectivity index (χ3v) is 6.64. The van der Waals surface area contributed by atoms with Gasteiger partial charge in [-0.25, -0.2) is 4.79 Å². The van der Waals surface area contributed by atoms with Crippen molar-refractivity contribution in [1.82, 2.24) is 10.2 Å². The monoisotopic (exact) mass is 423 g/mol. The summed E-state index contributed by atoms with van der Waals surface area (Å²) >= 11 is 1.34. The average Bonchev–Trinajstić information content (AvgIpc) is 3.18. The molecule has 30 heavy (non-hydrogen) atoms. The van der Waals surface area contributed by atoms with Crippen LogP contribution in [0.4, 0.5) is 10.5 Å². The van der Waals surface area contributed by atoms with Crippen molar-refractivity contribution in [2.24, 2.45) is 0 Å². The predicted octanol–water partition coefficient (Wildman–Crippen LogP) is 3.77. The summed E-state index contributed by atoms with van der Waals surface area (Å²) in [5, 5.41) is 14.4. The van der Waals surface area contributed by atoms with E-state index in [1.165, 1.54) is 42.5 Å². The van der Waals surface area contributed by atoms with Gasteiger partial charge in [-0.2, -0.15) is 0 Å². The number of aryl methyl sites for hydroxylation is 1. The fourth-order valence-electron chi connectivity index (χ4n) is 3.61. The third kappa shape index (κ3) is 3.03. The Morgan fingerprint density at radius 3 is 2.47 bits per heavy atom. The van der Waals surface area contributed by atoms with E-state index in [0.717, 1.165) is 20.5 Å². The van der Waals surface area contributed by atoms with Crippen LogP contribution in [-0.2, 0) is 10.3 Å². The number of hydrogen-bond donors (Lipinski definition) is 1. The molecule has 1 fully saturated rings. The van der Waals surface area contributed by atoms with E-state index >= 15 is 0 Å². The lowest BCUT2D eigenvalue weighted by molar-refractivity contribution is -0.384. The number of nitrogens with zero attached hydrogens (tertiary/aromatic N) is 2. The number of carbonyl (C=O) groups excluding carboxylic acids is 3. The summed E-state index contributed by atoms with van der Waals surface area (Å²) in [5.41, 5.74) is -0.293. The Balaban J connectivity index is 1.60. The minimum absolute atomic E-state index is 0.119. The molecule has 1 aromatic heterocycles. The molecule has 2 heterocycles. The zero-order valence-corrected chi connectivity index (χ0v) is 17.0. The van der Waals surface area contributed by atoms with Crippen LogP contribution >= 0.6 is 11.3 Å². The molecule has 1 unspecified atom stereocenters. The van der Waals surface area contributed by atoms with Gasteiger partial charge in [0.15, 0.2) is 5.78 Å². The Morgan fingerprint density at radius 1 is 1.17 bits per heavy atom. The van der Waals surface area contributed by atoms with Crippen molar-refractivity contribution >= 4 is 44.8 Å². The van der Waals surface area contributed by atoms with Gasteiger partial charge in [-0.1, -0.05) is 18.2 Å². The summed E-state index contributed by atoms with van der Waals surface area (Å²) in [6, 6.07) is 12.4. The molecule has 8 nitrogen and oxygen atoms in total. The number of hydrogen-bond acceptors (Lipinski definition) is 6. The van der Waals surface area contributed by atoms with E-state index in [1.807, 2.05) is 31.2 Å². The Labute approximate surface area is 175 Å². The molecule has 3 aromatic rings. The molecule has 2 aromatic carbocycles. The van der Waals surface area contributed by atoms with Gasteiger partial charge in [-0.15, -0.1) is 11.3 Å². The fourth-order valence-corrected chi connectivity index (χ4v) is 4.75.